The van der Waals surface area contributed by atoms with E-state index in [1.807, 2.05) is 20.8 Å². The molecular weight excluding hydrogens is 547 g/mol. The lowest BCUT2D eigenvalue weighted by molar-refractivity contribution is -0.157. The smallest absolute Gasteiger partial charge is 0.307 e. The maximum Gasteiger partial charge on any atom is 0.307 e. The number of esters is 1. The van der Waals surface area contributed by atoms with E-state index in [1.165, 1.54) is 43.8 Å². The van der Waals surface area contributed by atoms with Crippen LogP contribution in [0.25, 0.3) is 32.7 Å². The Balaban J connectivity index is 1.61. The van der Waals surface area contributed by atoms with Crippen molar-refractivity contribution in [2.75, 3.05) is 6.61 Å². The van der Waals surface area contributed by atoms with Crippen LogP contribution in [0.4, 0.5) is 0 Å². The summed E-state index contributed by atoms with van der Waals surface area (Å²) in [7, 11) is -1.96. The van der Waals surface area contributed by atoms with E-state index in [9.17, 15) is 4.79 Å². The summed E-state index contributed by atoms with van der Waals surface area (Å²) in [5.41, 5.74) is 4.68. The minimum absolute atomic E-state index is 0.0450. The molecule has 5 heteroatoms. The molecule has 1 aliphatic heterocycles. The van der Waals surface area contributed by atoms with Gasteiger partial charge >= 0.3 is 5.97 Å². The van der Waals surface area contributed by atoms with Crippen LogP contribution in [0.2, 0.25) is 18.1 Å². The van der Waals surface area contributed by atoms with E-state index in [0.29, 0.717) is 13.0 Å². The SMILES string of the molecule is C[C@@H](CO[Si](C)(C)C(C)(C)C)[C@@H](CC(=O)OC(C)(C)C)N1Cc2ccc3ccccc3c2-c2c(ccc3ccccc23)C1. The van der Waals surface area contributed by atoms with Crippen LogP contribution in [0.5, 0.6) is 0 Å². The minimum Gasteiger partial charge on any atom is -0.460 e. The van der Waals surface area contributed by atoms with Gasteiger partial charge in [-0.1, -0.05) is 100 Å². The molecule has 0 aliphatic carbocycles. The topological polar surface area (TPSA) is 38.8 Å². The van der Waals surface area contributed by atoms with Gasteiger partial charge in [-0.15, -0.1) is 0 Å². The van der Waals surface area contributed by atoms with Crippen molar-refractivity contribution in [1.82, 2.24) is 4.90 Å². The molecule has 0 bridgehead atoms. The first-order valence-electron chi connectivity index (χ1n) is 15.8. The Kier molecular flexibility index (Phi) is 8.65. The van der Waals surface area contributed by atoms with Crippen molar-refractivity contribution in [3.8, 4) is 11.1 Å². The number of benzene rings is 4. The van der Waals surface area contributed by atoms with E-state index in [1.54, 1.807) is 0 Å². The fraction of sp³-hybridized carbons (Fsp3) is 0.447. The number of carbonyl (C=O) groups is 1. The third kappa shape index (κ3) is 6.74. The van der Waals surface area contributed by atoms with Crippen molar-refractivity contribution in [1.29, 1.82) is 0 Å². The van der Waals surface area contributed by atoms with Crippen molar-refractivity contribution in [3.05, 3.63) is 83.9 Å². The maximum absolute atomic E-state index is 13.4. The number of nitrogens with zero attached hydrogens (tertiary/aromatic N) is 1. The fourth-order valence-corrected chi connectivity index (χ4v) is 7.24. The number of hydrogen-bond acceptors (Lipinski definition) is 4. The van der Waals surface area contributed by atoms with Gasteiger partial charge in [0.1, 0.15) is 5.60 Å². The molecule has 1 aliphatic rings. The summed E-state index contributed by atoms with van der Waals surface area (Å²) in [5, 5.41) is 5.16. The maximum atomic E-state index is 13.4. The predicted octanol–water partition coefficient (Wildman–Crippen LogP) is 9.73. The third-order valence-corrected chi connectivity index (χ3v) is 14.0. The Hall–Kier alpha value is -2.99. The number of ether oxygens (including phenoxy) is 1. The largest absolute Gasteiger partial charge is 0.460 e. The van der Waals surface area contributed by atoms with E-state index in [0.717, 1.165) is 13.1 Å². The highest BCUT2D eigenvalue weighted by Crippen LogP contribution is 2.43. The Morgan fingerprint density at radius 2 is 1.28 bits per heavy atom. The van der Waals surface area contributed by atoms with Gasteiger partial charge in [-0.25, -0.2) is 0 Å². The van der Waals surface area contributed by atoms with Gasteiger partial charge in [0, 0.05) is 25.7 Å². The average molecular weight is 596 g/mol. The van der Waals surface area contributed by atoms with Crippen LogP contribution in [0, 0.1) is 5.92 Å². The molecule has 0 amide bonds. The molecule has 0 radical (unpaired) electrons. The molecule has 0 fully saturated rings. The first kappa shape index (κ1) is 31.4. The van der Waals surface area contributed by atoms with Crippen LogP contribution in [-0.2, 0) is 27.0 Å². The quantitative estimate of drug-likeness (QED) is 0.157. The highest BCUT2D eigenvalue weighted by Gasteiger charge is 2.39. The molecule has 43 heavy (non-hydrogen) atoms. The lowest BCUT2D eigenvalue weighted by atomic mass is 9.88. The molecule has 0 spiro atoms. The highest BCUT2D eigenvalue weighted by molar-refractivity contribution is 6.74. The second-order valence-electron chi connectivity index (χ2n) is 15.0. The first-order chi connectivity index (χ1) is 20.1. The van der Waals surface area contributed by atoms with Gasteiger partial charge in [0.05, 0.1) is 6.42 Å². The van der Waals surface area contributed by atoms with Gasteiger partial charge in [-0.3, -0.25) is 9.69 Å². The zero-order valence-electron chi connectivity index (χ0n) is 27.6. The van der Waals surface area contributed by atoms with Gasteiger partial charge < -0.3 is 9.16 Å². The second-order valence-corrected chi connectivity index (χ2v) is 19.8. The molecule has 0 saturated heterocycles. The highest BCUT2D eigenvalue weighted by atomic mass is 28.4. The Bertz CT molecular complexity index is 1540. The summed E-state index contributed by atoms with van der Waals surface area (Å²) in [5.74, 6) is -0.0223. The summed E-state index contributed by atoms with van der Waals surface area (Å²) in [6.45, 7) is 21.6. The zero-order valence-corrected chi connectivity index (χ0v) is 28.6. The molecule has 0 aromatic heterocycles. The number of rotatable bonds is 7. The van der Waals surface area contributed by atoms with E-state index in [4.69, 9.17) is 9.16 Å². The molecule has 0 unspecified atom stereocenters. The lowest BCUT2D eigenvalue weighted by Crippen LogP contribution is -2.46. The standard InChI is InChI=1S/C38H49NO3Si/c1-26(25-41-43(8,9)38(5,6)7)33(22-34(40)42-37(2,3)4)39-23-29-20-18-27-14-10-12-16-31(27)35(29)36-30(24-39)21-19-28-15-11-13-17-32(28)36/h10-21,26,33H,22-25H2,1-9H3/t26-,33+/m0/s1. The number of carbonyl (C=O) groups excluding carboxylic acids is 1. The summed E-state index contributed by atoms with van der Waals surface area (Å²) in [6, 6.07) is 26.5. The molecule has 0 N–H and O–H groups in total. The monoisotopic (exact) mass is 595 g/mol. The molecule has 0 saturated carbocycles. The van der Waals surface area contributed by atoms with Crippen LogP contribution in [0.1, 0.15) is 66.0 Å². The van der Waals surface area contributed by atoms with Crippen LogP contribution in [0.15, 0.2) is 72.8 Å². The molecule has 5 rings (SSSR count). The second kappa shape index (κ2) is 11.8. The normalized spacial score (nSPS) is 15.9. The van der Waals surface area contributed by atoms with Crippen LogP contribution < -0.4 is 0 Å². The van der Waals surface area contributed by atoms with E-state index < -0.39 is 13.9 Å². The molecule has 1 heterocycles. The van der Waals surface area contributed by atoms with Gasteiger partial charge in [-0.05, 0) is 88.6 Å². The first-order valence-corrected chi connectivity index (χ1v) is 18.7. The van der Waals surface area contributed by atoms with Crippen LogP contribution >= 0.6 is 0 Å². The third-order valence-electron chi connectivity index (χ3n) is 9.46. The van der Waals surface area contributed by atoms with E-state index in [-0.39, 0.29) is 23.0 Å². The van der Waals surface area contributed by atoms with Crippen LogP contribution in [0.3, 0.4) is 0 Å². The average Bonchev–Trinajstić information content (AvgIpc) is 3.10. The van der Waals surface area contributed by atoms with Crippen molar-refractivity contribution in [3.63, 3.8) is 0 Å². The minimum atomic E-state index is -1.96. The molecule has 4 aromatic rings. The van der Waals surface area contributed by atoms with Crippen LogP contribution in [-0.4, -0.2) is 37.4 Å². The van der Waals surface area contributed by atoms with E-state index >= 15 is 0 Å². The van der Waals surface area contributed by atoms with Crippen molar-refractivity contribution in [2.45, 2.75) is 97.8 Å². The van der Waals surface area contributed by atoms with Crippen molar-refractivity contribution < 1.29 is 14.0 Å². The Labute approximate surface area is 259 Å². The predicted molar refractivity (Wildman–Crippen MR) is 183 cm³/mol. The zero-order chi connectivity index (χ0) is 31.2. The molecular formula is C38H49NO3Si. The van der Waals surface area contributed by atoms with E-state index in [2.05, 4.69) is 118 Å². The Morgan fingerprint density at radius 3 is 1.74 bits per heavy atom. The molecule has 4 nitrogen and oxygen atoms in total. The fourth-order valence-electron chi connectivity index (χ4n) is 6.13. The Morgan fingerprint density at radius 1 is 0.791 bits per heavy atom. The van der Waals surface area contributed by atoms with Crippen molar-refractivity contribution in [2.24, 2.45) is 5.92 Å². The van der Waals surface area contributed by atoms with Gasteiger partial charge in [0.25, 0.3) is 0 Å². The molecule has 228 valence electrons. The van der Waals surface area contributed by atoms with Crippen molar-refractivity contribution >= 4 is 35.8 Å². The summed E-state index contributed by atoms with van der Waals surface area (Å²) in [6.07, 6.45) is 0.325. The summed E-state index contributed by atoms with van der Waals surface area (Å²) in [4.78, 5) is 15.9. The molecule has 4 aromatic carbocycles. The summed E-state index contributed by atoms with van der Waals surface area (Å²) < 4.78 is 12.7. The lowest BCUT2D eigenvalue weighted by Gasteiger charge is -2.40. The number of fused-ring (bicyclic) bond motifs is 7. The molecule has 2 atom stereocenters. The number of hydrogen-bond donors (Lipinski definition) is 0. The van der Waals surface area contributed by atoms with Gasteiger partial charge in [0.2, 0.25) is 0 Å². The van der Waals surface area contributed by atoms with Gasteiger partial charge in [-0.2, -0.15) is 0 Å². The summed E-state index contributed by atoms with van der Waals surface area (Å²) >= 11 is 0. The van der Waals surface area contributed by atoms with Gasteiger partial charge in [0.15, 0.2) is 8.32 Å².